The molecule has 12 nitrogen and oxygen atoms in total. The Bertz CT molecular complexity index is 1010. The van der Waals surface area contributed by atoms with Crippen molar-refractivity contribution in [2.75, 3.05) is 36.1 Å². The first-order valence-electron chi connectivity index (χ1n) is 16.1. The van der Waals surface area contributed by atoms with Crippen molar-refractivity contribution in [1.29, 1.82) is 0 Å². The number of carbonyl (C=O) groups is 7. The molecule has 0 heterocycles. The van der Waals surface area contributed by atoms with Crippen LogP contribution in [0, 0.1) is 17.8 Å². The lowest BCUT2D eigenvalue weighted by Gasteiger charge is -2.20. The SMILES string of the molecule is CC(=O)N[C@@H](CSCC(=O)NC(CCCNC(=O)CSC[C@H](CC(=O)C(C)C)C(=O)NC(C)C)C(=O)CCCN)C(=O)CC(C)C. The fourth-order valence-electron chi connectivity index (χ4n) is 4.26. The Balaban J connectivity index is 4.88. The second-order valence-electron chi connectivity index (χ2n) is 12.5. The van der Waals surface area contributed by atoms with Gasteiger partial charge in [0.05, 0.1) is 29.5 Å². The van der Waals surface area contributed by atoms with Gasteiger partial charge in [-0.05, 0) is 45.6 Å². The number of thioether (sulfide) groups is 2. The molecule has 0 aromatic carbocycles. The fourth-order valence-corrected chi connectivity index (χ4v) is 6.11. The monoisotopic (exact) mass is 687 g/mol. The molecule has 6 N–H and O–H groups in total. The minimum absolute atomic E-state index is 0.00105. The number of nitrogens with two attached hydrogens (primary N) is 1. The molecular formula is C32H57N5O7S2. The molecule has 14 heteroatoms. The number of carbonyl (C=O) groups excluding carboxylic acids is 7. The Hall–Kier alpha value is -2.45. The smallest absolute Gasteiger partial charge is 0.230 e. The molecule has 4 amide bonds. The van der Waals surface area contributed by atoms with Gasteiger partial charge in [-0.15, -0.1) is 11.8 Å². The highest BCUT2D eigenvalue weighted by Crippen LogP contribution is 2.16. The Morgan fingerprint density at radius 2 is 1.33 bits per heavy atom. The van der Waals surface area contributed by atoms with Gasteiger partial charge in [-0.3, -0.25) is 33.6 Å². The van der Waals surface area contributed by atoms with Crippen molar-refractivity contribution in [3.63, 3.8) is 0 Å². The molecule has 0 radical (unpaired) electrons. The lowest BCUT2D eigenvalue weighted by atomic mass is 9.97. The second-order valence-corrected chi connectivity index (χ2v) is 14.6. The lowest BCUT2D eigenvalue weighted by molar-refractivity contribution is -0.130. The second kappa shape index (κ2) is 24.7. The molecule has 0 fully saturated rings. The van der Waals surface area contributed by atoms with E-state index in [0.717, 1.165) is 0 Å². The minimum Gasteiger partial charge on any atom is -0.355 e. The van der Waals surface area contributed by atoms with Gasteiger partial charge in [-0.25, -0.2) is 0 Å². The van der Waals surface area contributed by atoms with Crippen LogP contribution in [0.15, 0.2) is 0 Å². The normalized spacial score (nSPS) is 13.2. The van der Waals surface area contributed by atoms with Crippen LogP contribution < -0.4 is 27.0 Å². The average Bonchev–Trinajstić information content (AvgIpc) is 2.95. The van der Waals surface area contributed by atoms with E-state index in [2.05, 4.69) is 21.3 Å². The van der Waals surface area contributed by atoms with E-state index in [1.54, 1.807) is 13.8 Å². The number of hydrogen-bond acceptors (Lipinski definition) is 10. The fraction of sp³-hybridized carbons (Fsp3) is 0.781. The number of amides is 4. The summed E-state index contributed by atoms with van der Waals surface area (Å²) >= 11 is 2.49. The van der Waals surface area contributed by atoms with E-state index in [1.165, 1.54) is 30.4 Å². The molecule has 0 bridgehead atoms. The summed E-state index contributed by atoms with van der Waals surface area (Å²) in [5.74, 6) is -1.18. The Kier molecular flexibility index (Phi) is 23.4. The van der Waals surface area contributed by atoms with Crippen molar-refractivity contribution in [2.24, 2.45) is 23.5 Å². The van der Waals surface area contributed by atoms with Crippen LogP contribution in [0.2, 0.25) is 0 Å². The number of hydrogen-bond donors (Lipinski definition) is 5. The molecule has 46 heavy (non-hydrogen) atoms. The third kappa shape index (κ3) is 21.4. The van der Waals surface area contributed by atoms with Gasteiger partial charge in [0.15, 0.2) is 11.6 Å². The summed E-state index contributed by atoms with van der Waals surface area (Å²) in [4.78, 5) is 86.8. The first-order valence-corrected chi connectivity index (χ1v) is 18.4. The Morgan fingerprint density at radius 1 is 0.696 bits per heavy atom. The van der Waals surface area contributed by atoms with Crippen molar-refractivity contribution >= 4 is 64.5 Å². The first kappa shape index (κ1) is 43.5. The molecule has 0 spiro atoms. The van der Waals surface area contributed by atoms with Gasteiger partial charge in [0.25, 0.3) is 0 Å². The van der Waals surface area contributed by atoms with Crippen molar-refractivity contribution in [2.45, 2.75) is 105 Å². The maximum absolute atomic E-state index is 12.8. The summed E-state index contributed by atoms with van der Waals surface area (Å²) in [5.41, 5.74) is 5.56. The predicted molar refractivity (Wildman–Crippen MR) is 185 cm³/mol. The zero-order valence-corrected chi connectivity index (χ0v) is 30.3. The zero-order chi connectivity index (χ0) is 35.2. The molecule has 1 unspecified atom stereocenters. The van der Waals surface area contributed by atoms with Crippen LogP contribution in [-0.4, -0.2) is 95.2 Å². The van der Waals surface area contributed by atoms with Gasteiger partial charge in [0.1, 0.15) is 5.78 Å². The quantitative estimate of drug-likeness (QED) is 0.0840. The summed E-state index contributed by atoms with van der Waals surface area (Å²) in [6.45, 7) is 13.1. The van der Waals surface area contributed by atoms with Crippen molar-refractivity contribution < 1.29 is 33.6 Å². The summed E-state index contributed by atoms with van der Waals surface area (Å²) in [6.07, 6.45) is 1.92. The molecule has 0 aliphatic heterocycles. The van der Waals surface area contributed by atoms with E-state index in [-0.39, 0.29) is 89.0 Å². The summed E-state index contributed by atoms with van der Waals surface area (Å²) < 4.78 is 0. The van der Waals surface area contributed by atoms with E-state index < -0.39 is 18.0 Å². The first-order chi connectivity index (χ1) is 21.6. The van der Waals surface area contributed by atoms with Gasteiger partial charge in [0.2, 0.25) is 23.6 Å². The predicted octanol–water partition coefficient (Wildman–Crippen LogP) is 2.02. The van der Waals surface area contributed by atoms with Gasteiger partial charge in [0, 0.05) is 56.2 Å². The number of rotatable bonds is 26. The van der Waals surface area contributed by atoms with Crippen LogP contribution in [0.4, 0.5) is 0 Å². The average molecular weight is 688 g/mol. The molecule has 0 aromatic heterocycles. The lowest BCUT2D eigenvalue weighted by Crippen LogP contribution is -2.44. The molecule has 0 saturated heterocycles. The third-order valence-corrected chi connectivity index (χ3v) is 8.82. The molecule has 3 atom stereocenters. The molecular weight excluding hydrogens is 631 g/mol. The van der Waals surface area contributed by atoms with Crippen LogP contribution in [0.25, 0.3) is 0 Å². The largest absolute Gasteiger partial charge is 0.355 e. The molecule has 0 saturated carbocycles. The highest BCUT2D eigenvalue weighted by atomic mass is 32.2. The maximum atomic E-state index is 12.8. The molecule has 0 aliphatic carbocycles. The van der Waals surface area contributed by atoms with Gasteiger partial charge in [-0.2, -0.15) is 11.8 Å². The van der Waals surface area contributed by atoms with Crippen molar-refractivity contribution in [1.82, 2.24) is 21.3 Å². The number of Topliss-reactive ketones (excluding diaryl/α,β-unsaturated/α-hetero) is 3. The van der Waals surface area contributed by atoms with Crippen LogP contribution in [0.1, 0.15) is 87.0 Å². The third-order valence-electron chi connectivity index (χ3n) is 6.68. The van der Waals surface area contributed by atoms with E-state index in [0.29, 0.717) is 44.5 Å². The van der Waals surface area contributed by atoms with E-state index in [9.17, 15) is 33.6 Å². The molecule has 0 aromatic rings. The van der Waals surface area contributed by atoms with Gasteiger partial charge >= 0.3 is 0 Å². The zero-order valence-electron chi connectivity index (χ0n) is 28.7. The Morgan fingerprint density at radius 3 is 1.89 bits per heavy atom. The van der Waals surface area contributed by atoms with Gasteiger partial charge in [-0.1, -0.05) is 27.7 Å². The summed E-state index contributed by atoms with van der Waals surface area (Å²) in [6, 6.07) is -1.48. The number of nitrogens with one attached hydrogen (secondary N) is 4. The minimum atomic E-state index is -0.738. The maximum Gasteiger partial charge on any atom is 0.230 e. The standard InChI is InChI=1S/C32H57N5O7S2/c1-20(2)14-29(41)26(36-23(7)38)17-46-19-31(43)37-25(27(39)11-8-12-33)10-9-13-34-30(42)18-45-16-24(15-28(40)21(3)4)32(44)35-22(5)6/h20-22,24-26H,8-19,33H2,1-7H3,(H,34,42)(H,35,44)(H,36,38)(H,37,43)/t24-,25?,26-/m0/s1. The summed E-state index contributed by atoms with van der Waals surface area (Å²) in [5, 5.41) is 11.1. The molecule has 264 valence electrons. The molecule has 0 rings (SSSR count). The van der Waals surface area contributed by atoms with E-state index in [1.807, 2.05) is 27.7 Å². The molecule has 0 aliphatic rings. The number of ketones is 3. The summed E-state index contributed by atoms with van der Waals surface area (Å²) in [7, 11) is 0. The van der Waals surface area contributed by atoms with E-state index >= 15 is 0 Å². The van der Waals surface area contributed by atoms with Crippen LogP contribution in [0.3, 0.4) is 0 Å². The highest BCUT2D eigenvalue weighted by molar-refractivity contribution is 8.00. The highest BCUT2D eigenvalue weighted by Gasteiger charge is 2.25. The van der Waals surface area contributed by atoms with E-state index in [4.69, 9.17) is 5.73 Å². The van der Waals surface area contributed by atoms with Crippen LogP contribution in [0.5, 0.6) is 0 Å². The van der Waals surface area contributed by atoms with Gasteiger partial charge < -0.3 is 27.0 Å². The Labute approximate surface area is 283 Å². The topological polar surface area (TPSA) is 194 Å². The van der Waals surface area contributed by atoms with Crippen molar-refractivity contribution in [3.05, 3.63) is 0 Å². The van der Waals surface area contributed by atoms with Crippen LogP contribution in [-0.2, 0) is 33.6 Å². The van der Waals surface area contributed by atoms with Crippen molar-refractivity contribution in [3.8, 4) is 0 Å². The van der Waals surface area contributed by atoms with Crippen LogP contribution >= 0.6 is 23.5 Å².